The Kier molecular flexibility index (Phi) is 7.10. The van der Waals surface area contributed by atoms with Gasteiger partial charge in [0, 0.05) is 26.2 Å². The van der Waals surface area contributed by atoms with Crippen LogP contribution in [0.25, 0.3) is 0 Å². The number of nitrogens with one attached hydrogen (secondary N) is 1. The van der Waals surface area contributed by atoms with E-state index in [2.05, 4.69) is 17.5 Å². The number of carbonyl (C=O) groups is 2. The maximum atomic E-state index is 13.2. The molecule has 11 heteroatoms. The number of sulfonamides is 1. The fraction of sp³-hybridized carbons (Fsp3) is 0.583. The van der Waals surface area contributed by atoms with Gasteiger partial charge in [0.15, 0.2) is 6.61 Å². The Bertz CT molecular complexity index is 1090. The molecular formula is C24H31N3O7S. The smallest absolute Gasteiger partial charge is 0.310 e. The van der Waals surface area contributed by atoms with Crippen molar-refractivity contribution in [1.29, 1.82) is 0 Å². The minimum absolute atomic E-state index is 0.0949. The van der Waals surface area contributed by atoms with Crippen molar-refractivity contribution in [3.8, 4) is 0 Å². The average molecular weight is 506 g/mol. The highest BCUT2D eigenvalue weighted by atomic mass is 32.2. The van der Waals surface area contributed by atoms with Crippen molar-refractivity contribution in [2.24, 2.45) is 17.8 Å². The van der Waals surface area contributed by atoms with Crippen LogP contribution in [0.5, 0.6) is 0 Å². The van der Waals surface area contributed by atoms with E-state index in [-0.39, 0.29) is 35.8 Å². The lowest BCUT2D eigenvalue weighted by molar-refractivity contribution is -0.152. The van der Waals surface area contributed by atoms with Crippen LogP contribution < -0.4 is 10.2 Å². The molecule has 2 bridgehead atoms. The first-order valence-corrected chi connectivity index (χ1v) is 13.6. The fourth-order valence-electron chi connectivity index (χ4n) is 5.27. The molecule has 3 fully saturated rings. The monoisotopic (exact) mass is 505 g/mol. The van der Waals surface area contributed by atoms with Gasteiger partial charge in [-0.3, -0.25) is 9.59 Å². The van der Waals surface area contributed by atoms with E-state index in [0.29, 0.717) is 56.8 Å². The van der Waals surface area contributed by atoms with Gasteiger partial charge in [0.1, 0.15) is 0 Å². The number of amides is 1. The Balaban J connectivity index is 1.31. The molecule has 1 aromatic carbocycles. The molecule has 4 aliphatic rings. The summed E-state index contributed by atoms with van der Waals surface area (Å²) in [6, 6.07) is 4.76. The van der Waals surface area contributed by atoms with Crippen LogP contribution in [-0.4, -0.2) is 83.8 Å². The molecule has 2 saturated heterocycles. The van der Waals surface area contributed by atoms with Crippen molar-refractivity contribution in [1.82, 2.24) is 4.31 Å². The minimum atomic E-state index is -3.74. The second-order valence-corrected chi connectivity index (χ2v) is 11.3. The van der Waals surface area contributed by atoms with Gasteiger partial charge in [-0.2, -0.15) is 4.31 Å². The second-order valence-electron chi connectivity index (χ2n) is 9.34. The standard InChI is InChI=1S/C24H31N3O7S/c28-23(16-34-24(29)20-14-17-1-2-18(20)13-17)25-21-15-19(35(30,31)27-7-11-33-12-8-27)3-4-22(21)26-5-9-32-10-6-26/h1-4,15,17-18,20H,5-14,16H2,(H,25,28)/t17-,18+,20+/m1/s1. The van der Waals surface area contributed by atoms with E-state index in [0.717, 1.165) is 12.8 Å². The van der Waals surface area contributed by atoms with Gasteiger partial charge in [0.25, 0.3) is 5.91 Å². The number of allylic oxidation sites excluding steroid dienone is 2. The Morgan fingerprint density at radius 1 is 1.00 bits per heavy atom. The fourth-order valence-corrected chi connectivity index (χ4v) is 6.71. The lowest BCUT2D eigenvalue weighted by atomic mass is 9.94. The first-order chi connectivity index (χ1) is 16.9. The lowest BCUT2D eigenvalue weighted by Crippen LogP contribution is -2.40. The molecule has 2 heterocycles. The zero-order chi connectivity index (χ0) is 24.4. The van der Waals surface area contributed by atoms with Crippen LogP contribution >= 0.6 is 0 Å². The summed E-state index contributed by atoms with van der Waals surface area (Å²) in [5.41, 5.74) is 1.07. The number of nitrogens with zero attached hydrogens (tertiary/aromatic N) is 2. The van der Waals surface area contributed by atoms with Crippen molar-refractivity contribution in [2.45, 2.75) is 17.7 Å². The van der Waals surface area contributed by atoms with E-state index in [1.807, 2.05) is 4.90 Å². The van der Waals surface area contributed by atoms with Crippen molar-refractivity contribution >= 4 is 33.3 Å². The molecule has 0 spiro atoms. The molecule has 0 radical (unpaired) electrons. The first kappa shape index (κ1) is 24.2. The van der Waals surface area contributed by atoms with E-state index < -0.39 is 22.5 Å². The molecule has 1 saturated carbocycles. The Morgan fingerprint density at radius 3 is 2.37 bits per heavy atom. The van der Waals surface area contributed by atoms with Gasteiger partial charge in [-0.25, -0.2) is 8.42 Å². The number of morpholine rings is 2. The van der Waals surface area contributed by atoms with Crippen LogP contribution in [0, 0.1) is 17.8 Å². The van der Waals surface area contributed by atoms with Crippen molar-refractivity contribution < 1.29 is 32.2 Å². The number of benzene rings is 1. The maximum absolute atomic E-state index is 13.2. The van der Waals surface area contributed by atoms with Crippen LogP contribution in [0.4, 0.5) is 11.4 Å². The van der Waals surface area contributed by atoms with Crippen LogP contribution in [0.15, 0.2) is 35.2 Å². The van der Waals surface area contributed by atoms with E-state index in [1.165, 1.54) is 10.4 Å². The normalized spacial score (nSPS) is 26.6. The van der Waals surface area contributed by atoms with Crippen molar-refractivity contribution in [2.75, 3.05) is 69.4 Å². The van der Waals surface area contributed by atoms with Crippen molar-refractivity contribution in [3.63, 3.8) is 0 Å². The quantitative estimate of drug-likeness (QED) is 0.435. The van der Waals surface area contributed by atoms with Gasteiger partial charge >= 0.3 is 5.97 Å². The molecule has 2 aliphatic carbocycles. The van der Waals surface area contributed by atoms with Gasteiger partial charge in [-0.05, 0) is 42.9 Å². The third kappa shape index (κ3) is 5.23. The van der Waals surface area contributed by atoms with Gasteiger partial charge in [0.2, 0.25) is 10.0 Å². The molecule has 0 aromatic heterocycles. The molecule has 3 atom stereocenters. The van der Waals surface area contributed by atoms with Crippen LogP contribution in [-0.2, 0) is 33.8 Å². The zero-order valence-corrected chi connectivity index (χ0v) is 20.4. The number of fused-ring (bicyclic) bond motifs is 2. The molecule has 1 N–H and O–H groups in total. The van der Waals surface area contributed by atoms with Crippen LogP contribution in [0.1, 0.15) is 12.8 Å². The van der Waals surface area contributed by atoms with E-state index >= 15 is 0 Å². The number of ether oxygens (including phenoxy) is 3. The summed E-state index contributed by atoms with van der Waals surface area (Å²) in [6.45, 7) is 3.15. The Hall–Kier alpha value is -2.47. The number of carbonyl (C=O) groups excluding carboxylic acids is 2. The Morgan fingerprint density at radius 2 is 1.71 bits per heavy atom. The highest BCUT2D eigenvalue weighted by molar-refractivity contribution is 7.89. The summed E-state index contributed by atoms with van der Waals surface area (Å²) in [5, 5.41) is 2.78. The molecule has 1 aromatic rings. The minimum Gasteiger partial charge on any atom is -0.455 e. The van der Waals surface area contributed by atoms with E-state index in [1.54, 1.807) is 12.1 Å². The highest BCUT2D eigenvalue weighted by Gasteiger charge is 2.41. The van der Waals surface area contributed by atoms with Crippen LogP contribution in [0.3, 0.4) is 0 Å². The van der Waals surface area contributed by atoms with E-state index in [9.17, 15) is 18.0 Å². The largest absolute Gasteiger partial charge is 0.455 e. The van der Waals surface area contributed by atoms with Gasteiger partial charge in [-0.1, -0.05) is 12.2 Å². The summed E-state index contributed by atoms with van der Waals surface area (Å²) in [4.78, 5) is 27.4. The van der Waals surface area contributed by atoms with Gasteiger partial charge < -0.3 is 24.4 Å². The summed E-state index contributed by atoms with van der Waals surface area (Å²) < 4.78 is 43.8. The van der Waals surface area contributed by atoms with Gasteiger partial charge in [-0.15, -0.1) is 0 Å². The lowest BCUT2D eigenvalue weighted by Gasteiger charge is -2.31. The molecule has 190 valence electrons. The van der Waals surface area contributed by atoms with Crippen molar-refractivity contribution in [3.05, 3.63) is 30.4 Å². The predicted molar refractivity (Wildman–Crippen MR) is 127 cm³/mol. The Labute approximate surface area is 205 Å². The summed E-state index contributed by atoms with van der Waals surface area (Å²) in [7, 11) is -3.74. The van der Waals surface area contributed by atoms with Gasteiger partial charge in [0.05, 0.1) is 48.6 Å². The highest BCUT2D eigenvalue weighted by Crippen LogP contribution is 2.43. The third-order valence-corrected chi connectivity index (χ3v) is 9.02. The SMILES string of the molecule is O=C(COC(=O)[C@H]1C[C@@H]2C=C[C@H]1C2)Nc1cc(S(=O)(=O)N2CCOCC2)ccc1N1CCOCC1. The first-order valence-electron chi connectivity index (χ1n) is 12.1. The number of hydrogen-bond donors (Lipinski definition) is 1. The summed E-state index contributed by atoms with van der Waals surface area (Å²) >= 11 is 0. The molecule has 10 nitrogen and oxygen atoms in total. The molecule has 2 aliphatic heterocycles. The zero-order valence-electron chi connectivity index (χ0n) is 19.6. The van der Waals surface area contributed by atoms with E-state index in [4.69, 9.17) is 14.2 Å². The summed E-state index contributed by atoms with van der Waals surface area (Å²) in [5.74, 6) is -0.422. The molecular weight excluding hydrogens is 474 g/mol. The topological polar surface area (TPSA) is 114 Å². The second kappa shape index (κ2) is 10.3. The molecule has 0 unspecified atom stereocenters. The summed E-state index contributed by atoms with van der Waals surface area (Å²) in [6.07, 6.45) is 5.95. The number of hydrogen-bond acceptors (Lipinski definition) is 8. The molecule has 35 heavy (non-hydrogen) atoms. The number of esters is 1. The van der Waals surface area contributed by atoms with Crippen LogP contribution in [0.2, 0.25) is 0 Å². The average Bonchev–Trinajstić information content (AvgIpc) is 3.52. The molecule has 5 rings (SSSR count). The maximum Gasteiger partial charge on any atom is 0.310 e. The number of anilines is 2. The molecule has 1 amide bonds. The predicted octanol–water partition coefficient (Wildman–Crippen LogP) is 1.24. The number of rotatable bonds is 7. The third-order valence-electron chi connectivity index (χ3n) is 7.13.